The molecule has 16 heavy (non-hydrogen) atoms. The van der Waals surface area contributed by atoms with E-state index in [1.54, 1.807) is 0 Å². The molecule has 0 aromatic carbocycles. The van der Waals surface area contributed by atoms with Crippen molar-refractivity contribution in [3.8, 4) is 0 Å². The van der Waals surface area contributed by atoms with Gasteiger partial charge in [0.15, 0.2) is 6.29 Å². The second kappa shape index (κ2) is 9.46. The molecule has 0 aliphatic rings. The number of nitrogens with two attached hydrogens (primary N) is 1. The van der Waals surface area contributed by atoms with Crippen LogP contribution in [-0.4, -0.2) is 40.3 Å². The van der Waals surface area contributed by atoms with Gasteiger partial charge in [0, 0.05) is 5.92 Å². The molecule has 7 heteroatoms. The third kappa shape index (κ3) is 7.52. The number of hydrogen-bond donors (Lipinski definition) is 5. The summed E-state index contributed by atoms with van der Waals surface area (Å²) >= 11 is 0. The molecule has 0 aliphatic heterocycles. The number of hydrogen-bond acceptors (Lipinski definition) is 5. The molecule has 0 aromatic rings. The van der Waals surface area contributed by atoms with E-state index in [-0.39, 0.29) is 25.4 Å². The van der Waals surface area contributed by atoms with E-state index in [2.05, 4.69) is 0 Å². The highest BCUT2D eigenvalue weighted by molar-refractivity contribution is 5.72. The summed E-state index contributed by atoms with van der Waals surface area (Å²) in [5.74, 6) is -1.63. The first-order valence-electron chi connectivity index (χ1n) is 4.89. The number of carboxylic acids is 1. The number of carbonyl (C=O) groups is 1. The number of halogens is 1. The van der Waals surface area contributed by atoms with Gasteiger partial charge in [0.1, 0.15) is 6.04 Å². The summed E-state index contributed by atoms with van der Waals surface area (Å²) in [5, 5.41) is 26.4. The molecule has 6 nitrogen and oxygen atoms in total. The topological polar surface area (TPSA) is 139 Å². The average Bonchev–Trinajstić information content (AvgIpc) is 2.16. The molecule has 0 saturated heterocycles. The van der Waals surface area contributed by atoms with E-state index in [0.717, 1.165) is 0 Å². The lowest BCUT2D eigenvalue weighted by atomic mass is 9.95. The molecule has 98 valence electrons. The Bertz CT molecular complexity index is 192. The Morgan fingerprint density at radius 1 is 1.25 bits per heavy atom. The van der Waals surface area contributed by atoms with Crippen molar-refractivity contribution in [3.63, 3.8) is 0 Å². The quantitative estimate of drug-likeness (QED) is 0.379. The van der Waals surface area contributed by atoms with E-state index in [0.29, 0.717) is 6.42 Å². The Kier molecular flexibility index (Phi) is 10.4. The number of alkyl halides is 1. The molecule has 0 heterocycles. The van der Waals surface area contributed by atoms with Gasteiger partial charge >= 0.3 is 5.97 Å². The maximum absolute atomic E-state index is 11.9. The zero-order valence-corrected chi connectivity index (χ0v) is 9.18. The van der Waals surface area contributed by atoms with E-state index in [1.165, 1.54) is 0 Å². The molecule has 8 N–H and O–H groups in total. The SMILES string of the molecule is N.N[C@@H](CCC(CCCF)C(O)O)C(=O)O. The minimum atomic E-state index is -1.54. The van der Waals surface area contributed by atoms with Crippen molar-refractivity contribution in [2.24, 2.45) is 11.7 Å². The largest absolute Gasteiger partial charge is 0.480 e. The van der Waals surface area contributed by atoms with Crippen LogP contribution in [0.3, 0.4) is 0 Å². The van der Waals surface area contributed by atoms with Crippen LogP contribution in [0.15, 0.2) is 0 Å². The maximum Gasteiger partial charge on any atom is 0.320 e. The van der Waals surface area contributed by atoms with Crippen molar-refractivity contribution >= 4 is 5.97 Å². The molecule has 0 spiro atoms. The van der Waals surface area contributed by atoms with Gasteiger partial charge in [0.2, 0.25) is 0 Å². The second-order valence-corrected chi connectivity index (χ2v) is 3.53. The highest BCUT2D eigenvalue weighted by atomic mass is 19.1. The fraction of sp³-hybridized carbons (Fsp3) is 0.889. The molecule has 0 aromatic heterocycles. The van der Waals surface area contributed by atoms with Crippen molar-refractivity contribution in [1.29, 1.82) is 0 Å². The molecular formula is C9H21FN2O4. The normalized spacial score (nSPS) is 14.3. The van der Waals surface area contributed by atoms with Crippen LogP contribution in [0.25, 0.3) is 0 Å². The summed E-state index contributed by atoms with van der Waals surface area (Å²) in [5.41, 5.74) is 5.26. The molecule has 1 unspecified atom stereocenters. The fourth-order valence-corrected chi connectivity index (χ4v) is 1.30. The van der Waals surface area contributed by atoms with E-state index >= 15 is 0 Å². The average molecular weight is 240 g/mol. The van der Waals surface area contributed by atoms with Gasteiger partial charge in [-0.15, -0.1) is 0 Å². The highest BCUT2D eigenvalue weighted by Gasteiger charge is 2.19. The lowest BCUT2D eigenvalue weighted by molar-refractivity contribution is -0.139. The predicted molar refractivity (Wildman–Crippen MR) is 56.8 cm³/mol. The van der Waals surface area contributed by atoms with Crippen LogP contribution in [0.1, 0.15) is 25.7 Å². The van der Waals surface area contributed by atoms with E-state index in [9.17, 15) is 9.18 Å². The third-order valence-corrected chi connectivity index (χ3v) is 2.30. The molecule has 0 aliphatic carbocycles. The first-order valence-corrected chi connectivity index (χ1v) is 4.89. The zero-order chi connectivity index (χ0) is 11.8. The first kappa shape index (κ1) is 17.6. The number of rotatable bonds is 8. The van der Waals surface area contributed by atoms with Gasteiger partial charge in [-0.1, -0.05) is 0 Å². The van der Waals surface area contributed by atoms with Crippen LogP contribution in [0.4, 0.5) is 4.39 Å². The van der Waals surface area contributed by atoms with E-state index in [4.69, 9.17) is 21.1 Å². The number of aliphatic hydroxyl groups is 2. The van der Waals surface area contributed by atoms with E-state index in [1.807, 2.05) is 0 Å². The van der Waals surface area contributed by atoms with Crippen molar-refractivity contribution < 1.29 is 24.5 Å². The lowest BCUT2D eigenvalue weighted by Gasteiger charge is -2.19. The summed E-state index contributed by atoms with van der Waals surface area (Å²) in [6.07, 6.45) is -0.558. The highest BCUT2D eigenvalue weighted by Crippen LogP contribution is 2.17. The lowest BCUT2D eigenvalue weighted by Crippen LogP contribution is -2.32. The molecule has 0 fully saturated rings. The Hall–Kier alpha value is -0.760. The summed E-state index contributed by atoms with van der Waals surface area (Å²) in [6.45, 7) is -0.520. The Morgan fingerprint density at radius 2 is 1.81 bits per heavy atom. The molecule has 0 saturated carbocycles. The third-order valence-electron chi connectivity index (χ3n) is 2.30. The predicted octanol–water partition coefficient (Wildman–Crippen LogP) is 0.0171. The smallest absolute Gasteiger partial charge is 0.320 e. The number of aliphatic carboxylic acids is 1. The van der Waals surface area contributed by atoms with Gasteiger partial charge in [-0.3, -0.25) is 9.18 Å². The standard InChI is InChI=1S/C9H18FNO4.H3N/c10-5-1-2-6(8(12)13)3-4-7(11)9(14)15;/h6-8,12-13H,1-5,11H2,(H,14,15);1H3/t6?,7-;/m0./s1. The van der Waals surface area contributed by atoms with Gasteiger partial charge in [-0.05, 0) is 25.7 Å². The molecule has 0 amide bonds. The fourth-order valence-electron chi connectivity index (χ4n) is 1.30. The van der Waals surface area contributed by atoms with Gasteiger partial charge in [-0.25, -0.2) is 0 Å². The van der Waals surface area contributed by atoms with Gasteiger partial charge < -0.3 is 27.2 Å². The molecule has 0 rings (SSSR count). The van der Waals surface area contributed by atoms with Crippen molar-refractivity contribution in [3.05, 3.63) is 0 Å². The summed E-state index contributed by atoms with van der Waals surface area (Å²) < 4.78 is 11.9. The Morgan fingerprint density at radius 3 is 2.19 bits per heavy atom. The van der Waals surface area contributed by atoms with Crippen LogP contribution in [0.2, 0.25) is 0 Å². The molecule has 0 radical (unpaired) electrons. The summed E-state index contributed by atoms with van der Waals surface area (Å²) in [4.78, 5) is 10.4. The monoisotopic (exact) mass is 240 g/mol. The van der Waals surface area contributed by atoms with Crippen LogP contribution >= 0.6 is 0 Å². The summed E-state index contributed by atoms with van der Waals surface area (Å²) in [7, 11) is 0. The molecule has 2 atom stereocenters. The number of aliphatic hydroxyl groups excluding tert-OH is 1. The zero-order valence-electron chi connectivity index (χ0n) is 9.18. The van der Waals surface area contributed by atoms with Crippen LogP contribution in [0, 0.1) is 5.92 Å². The molecule has 0 bridgehead atoms. The van der Waals surface area contributed by atoms with Crippen LogP contribution in [-0.2, 0) is 4.79 Å². The van der Waals surface area contributed by atoms with Crippen molar-refractivity contribution in [2.75, 3.05) is 6.67 Å². The van der Waals surface area contributed by atoms with Crippen LogP contribution in [0.5, 0.6) is 0 Å². The van der Waals surface area contributed by atoms with Gasteiger partial charge in [0.05, 0.1) is 6.67 Å². The Labute approximate surface area is 93.8 Å². The van der Waals surface area contributed by atoms with Gasteiger partial charge in [0.25, 0.3) is 0 Å². The van der Waals surface area contributed by atoms with E-state index < -0.39 is 30.9 Å². The Balaban J connectivity index is 0. The second-order valence-electron chi connectivity index (χ2n) is 3.53. The van der Waals surface area contributed by atoms with Gasteiger partial charge in [-0.2, -0.15) is 0 Å². The van der Waals surface area contributed by atoms with Crippen LogP contribution < -0.4 is 11.9 Å². The minimum Gasteiger partial charge on any atom is -0.480 e. The number of carboxylic acid groups (broad SMARTS) is 1. The minimum absolute atomic E-state index is 0. The van der Waals surface area contributed by atoms with Crippen molar-refractivity contribution in [2.45, 2.75) is 38.0 Å². The molecular weight excluding hydrogens is 219 g/mol. The van der Waals surface area contributed by atoms with Crippen molar-refractivity contribution in [1.82, 2.24) is 6.15 Å². The maximum atomic E-state index is 11.9. The first-order chi connectivity index (χ1) is 6.99. The summed E-state index contributed by atoms with van der Waals surface area (Å²) in [6, 6.07) is -1.00.